The number of anilines is 2. The molecule has 2 N–H and O–H groups in total. The molecule has 5 nitrogen and oxygen atoms in total. The van der Waals surface area contributed by atoms with Gasteiger partial charge in [-0.15, -0.1) is 0 Å². The molecule has 0 saturated heterocycles. The quantitative estimate of drug-likeness (QED) is 0.658. The van der Waals surface area contributed by atoms with Crippen LogP contribution in [0.5, 0.6) is 5.75 Å². The van der Waals surface area contributed by atoms with Crippen LogP contribution in [-0.4, -0.2) is 18.4 Å². The van der Waals surface area contributed by atoms with Gasteiger partial charge in [0.25, 0.3) is 0 Å². The number of amides is 1. The maximum Gasteiger partial charge on any atom is 0.316 e. The summed E-state index contributed by atoms with van der Waals surface area (Å²) in [7, 11) is 0. The summed E-state index contributed by atoms with van der Waals surface area (Å²) < 4.78 is 18.4. The Balaban J connectivity index is 1.64. The number of halogens is 2. The number of hydrogen-bond donors (Lipinski definition) is 2. The van der Waals surface area contributed by atoms with Crippen molar-refractivity contribution in [3.8, 4) is 5.75 Å². The summed E-state index contributed by atoms with van der Waals surface area (Å²) in [6.07, 6.45) is -0.0607. The Labute approximate surface area is 142 Å². The maximum atomic E-state index is 13.1. The molecule has 0 fully saturated rings. The van der Waals surface area contributed by atoms with Crippen LogP contribution in [0, 0.1) is 11.7 Å². The van der Waals surface area contributed by atoms with E-state index in [0.29, 0.717) is 17.1 Å². The SMILES string of the molecule is O=C(CC1CNc2ccccc2OC1=O)Nc1ccc(F)c(Cl)c1. The number of fused-ring (bicyclic) bond motifs is 1. The van der Waals surface area contributed by atoms with Gasteiger partial charge in [-0.25, -0.2) is 4.39 Å². The van der Waals surface area contributed by atoms with E-state index in [2.05, 4.69) is 10.6 Å². The van der Waals surface area contributed by atoms with Crippen molar-refractivity contribution >= 4 is 34.9 Å². The van der Waals surface area contributed by atoms with Crippen molar-refractivity contribution < 1.29 is 18.7 Å². The van der Waals surface area contributed by atoms with Crippen LogP contribution in [0.3, 0.4) is 0 Å². The van der Waals surface area contributed by atoms with Crippen molar-refractivity contribution in [3.05, 3.63) is 53.3 Å². The average Bonchev–Trinajstić information content (AvgIpc) is 2.70. The standard InChI is InChI=1S/C17H14ClFN2O3/c18-12-8-11(5-6-13(12)19)21-16(22)7-10-9-20-14-3-1-2-4-15(14)24-17(10)23/h1-6,8,10,20H,7,9H2,(H,21,22). The molecule has 1 heterocycles. The topological polar surface area (TPSA) is 67.4 Å². The Kier molecular flexibility index (Phi) is 4.66. The Morgan fingerprint density at radius 3 is 2.92 bits per heavy atom. The molecule has 0 saturated carbocycles. The predicted molar refractivity (Wildman–Crippen MR) is 88.7 cm³/mol. The van der Waals surface area contributed by atoms with E-state index in [1.54, 1.807) is 18.2 Å². The van der Waals surface area contributed by atoms with Crippen molar-refractivity contribution in [2.45, 2.75) is 6.42 Å². The monoisotopic (exact) mass is 348 g/mol. The summed E-state index contributed by atoms with van der Waals surface area (Å²) in [6, 6.07) is 10.9. The first-order valence-corrected chi connectivity index (χ1v) is 7.70. The first-order chi connectivity index (χ1) is 11.5. The first kappa shape index (κ1) is 16.3. The van der Waals surface area contributed by atoms with Crippen LogP contribution in [0.15, 0.2) is 42.5 Å². The lowest BCUT2D eigenvalue weighted by Gasteiger charge is -2.12. The van der Waals surface area contributed by atoms with Gasteiger partial charge in [0.1, 0.15) is 5.82 Å². The van der Waals surface area contributed by atoms with E-state index in [9.17, 15) is 14.0 Å². The van der Waals surface area contributed by atoms with Gasteiger partial charge in [-0.1, -0.05) is 23.7 Å². The lowest BCUT2D eigenvalue weighted by atomic mass is 10.1. The van der Waals surface area contributed by atoms with Crippen LogP contribution < -0.4 is 15.4 Å². The molecule has 1 unspecified atom stereocenters. The van der Waals surface area contributed by atoms with Gasteiger partial charge in [0, 0.05) is 18.7 Å². The molecule has 0 spiro atoms. The molecule has 1 amide bonds. The largest absolute Gasteiger partial charge is 0.424 e. The first-order valence-electron chi connectivity index (χ1n) is 7.32. The van der Waals surface area contributed by atoms with Gasteiger partial charge in [0.2, 0.25) is 5.91 Å². The van der Waals surface area contributed by atoms with E-state index in [-0.39, 0.29) is 23.9 Å². The van der Waals surface area contributed by atoms with Crippen LogP contribution in [-0.2, 0) is 9.59 Å². The zero-order valence-electron chi connectivity index (χ0n) is 12.5. The van der Waals surface area contributed by atoms with Crippen molar-refractivity contribution in [3.63, 3.8) is 0 Å². The minimum absolute atomic E-state index is 0.0607. The molecule has 3 rings (SSSR count). The summed E-state index contributed by atoms with van der Waals surface area (Å²) in [4.78, 5) is 24.3. The van der Waals surface area contributed by atoms with E-state index < -0.39 is 17.7 Å². The number of benzene rings is 2. The second-order valence-electron chi connectivity index (χ2n) is 5.38. The van der Waals surface area contributed by atoms with Gasteiger partial charge in [-0.3, -0.25) is 9.59 Å². The highest BCUT2D eigenvalue weighted by Crippen LogP contribution is 2.28. The normalized spacial score (nSPS) is 16.4. The van der Waals surface area contributed by atoms with Gasteiger partial charge < -0.3 is 15.4 Å². The highest BCUT2D eigenvalue weighted by atomic mass is 35.5. The molecule has 1 aliphatic rings. The summed E-state index contributed by atoms with van der Waals surface area (Å²) in [5.74, 6) is -1.61. The van der Waals surface area contributed by atoms with Crippen molar-refractivity contribution in [1.82, 2.24) is 0 Å². The molecule has 0 aromatic heterocycles. The lowest BCUT2D eigenvalue weighted by molar-refractivity contribution is -0.140. The fourth-order valence-electron chi connectivity index (χ4n) is 2.38. The molecule has 0 aliphatic carbocycles. The number of hydrogen-bond acceptors (Lipinski definition) is 4. The van der Waals surface area contributed by atoms with E-state index in [4.69, 9.17) is 16.3 Å². The summed E-state index contributed by atoms with van der Waals surface area (Å²) >= 11 is 5.68. The smallest absolute Gasteiger partial charge is 0.316 e. The second-order valence-corrected chi connectivity index (χ2v) is 5.78. The Bertz CT molecular complexity index is 797. The van der Waals surface area contributed by atoms with Gasteiger partial charge in [-0.2, -0.15) is 0 Å². The number of nitrogens with one attached hydrogen (secondary N) is 2. The van der Waals surface area contributed by atoms with Crippen LogP contribution in [0.2, 0.25) is 5.02 Å². The number of rotatable bonds is 3. The van der Waals surface area contributed by atoms with Gasteiger partial charge in [0.05, 0.1) is 16.6 Å². The molecular formula is C17H14ClFN2O3. The summed E-state index contributed by atoms with van der Waals surface area (Å²) in [5, 5.41) is 5.60. The Morgan fingerprint density at radius 1 is 1.33 bits per heavy atom. The van der Waals surface area contributed by atoms with Crippen molar-refractivity contribution in [1.29, 1.82) is 0 Å². The third-order valence-electron chi connectivity index (χ3n) is 3.61. The summed E-state index contributed by atoms with van der Waals surface area (Å²) in [5.41, 5.74) is 1.07. The molecule has 124 valence electrons. The molecule has 1 aliphatic heterocycles. The number of ether oxygens (including phenoxy) is 1. The van der Waals surface area contributed by atoms with Crippen LogP contribution in [0.1, 0.15) is 6.42 Å². The van der Waals surface area contributed by atoms with E-state index >= 15 is 0 Å². The van der Waals surface area contributed by atoms with Crippen LogP contribution in [0.4, 0.5) is 15.8 Å². The fourth-order valence-corrected chi connectivity index (χ4v) is 2.56. The number of carbonyl (C=O) groups is 2. The number of esters is 1. The Morgan fingerprint density at radius 2 is 2.12 bits per heavy atom. The molecule has 0 radical (unpaired) electrons. The molecule has 2 aromatic rings. The molecule has 0 bridgehead atoms. The maximum absolute atomic E-state index is 13.1. The Hall–Kier alpha value is -2.60. The minimum Gasteiger partial charge on any atom is -0.424 e. The van der Waals surface area contributed by atoms with Crippen molar-refractivity contribution in [2.24, 2.45) is 5.92 Å². The molecule has 1 atom stereocenters. The van der Waals surface area contributed by atoms with Gasteiger partial charge in [0.15, 0.2) is 5.75 Å². The number of para-hydroxylation sites is 2. The van der Waals surface area contributed by atoms with Crippen LogP contribution in [0.25, 0.3) is 0 Å². The second kappa shape index (κ2) is 6.88. The molecular weight excluding hydrogens is 335 g/mol. The number of carbonyl (C=O) groups excluding carboxylic acids is 2. The zero-order valence-corrected chi connectivity index (χ0v) is 13.3. The van der Waals surface area contributed by atoms with E-state index in [0.717, 1.165) is 6.07 Å². The zero-order chi connectivity index (χ0) is 17.1. The molecule has 24 heavy (non-hydrogen) atoms. The minimum atomic E-state index is -0.631. The van der Waals surface area contributed by atoms with Gasteiger partial charge in [-0.05, 0) is 30.3 Å². The third-order valence-corrected chi connectivity index (χ3v) is 3.89. The lowest BCUT2D eigenvalue weighted by Crippen LogP contribution is -2.29. The van der Waals surface area contributed by atoms with Crippen LogP contribution >= 0.6 is 11.6 Å². The third kappa shape index (κ3) is 3.65. The highest BCUT2D eigenvalue weighted by Gasteiger charge is 2.27. The summed E-state index contributed by atoms with van der Waals surface area (Å²) in [6.45, 7) is 0.285. The van der Waals surface area contributed by atoms with Gasteiger partial charge >= 0.3 is 5.97 Å². The highest BCUT2D eigenvalue weighted by molar-refractivity contribution is 6.31. The average molecular weight is 349 g/mol. The van der Waals surface area contributed by atoms with Crippen molar-refractivity contribution in [2.75, 3.05) is 17.2 Å². The van der Waals surface area contributed by atoms with E-state index in [1.165, 1.54) is 12.1 Å². The fraction of sp³-hybridized carbons (Fsp3) is 0.176. The molecule has 2 aromatic carbocycles. The predicted octanol–water partition coefficient (Wildman–Crippen LogP) is 3.46. The molecule has 7 heteroatoms. The van der Waals surface area contributed by atoms with E-state index in [1.807, 2.05) is 6.07 Å².